The van der Waals surface area contributed by atoms with Crippen molar-refractivity contribution in [2.24, 2.45) is 0 Å². The van der Waals surface area contributed by atoms with E-state index in [1.54, 1.807) is 18.2 Å². The highest BCUT2D eigenvalue weighted by Gasteiger charge is 2.07. The average molecular weight is 244 g/mol. The second kappa shape index (κ2) is 6.35. The van der Waals surface area contributed by atoms with Gasteiger partial charge >= 0.3 is 0 Å². The van der Waals surface area contributed by atoms with Crippen molar-refractivity contribution in [2.75, 3.05) is 19.0 Å². The van der Waals surface area contributed by atoms with Crippen LogP contribution in [-0.2, 0) is 4.79 Å². The molecule has 0 heterocycles. The third kappa shape index (κ3) is 3.72. The lowest BCUT2D eigenvalue weighted by molar-refractivity contribution is -0.116. The summed E-state index contributed by atoms with van der Waals surface area (Å²) >= 11 is 5.81. The first-order valence-electron chi connectivity index (χ1n) is 4.91. The van der Waals surface area contributed by atoms with Crippen LogP contribution in [0.4, 0.5) is 5.69 Å². The summed E-state index contributed by atoms with van der Waals surface area (Å²) in [5, 5.41) is 11.8. The summed E-state index contributed by atoms with van der Waals surface area (Å²) in [4.78, 5) is 11.4. The molecule has 2 N–H and O–H groups in total. The van der Waals surface area contributed by atoms with Crippen LogP contribution in [0.1, 0.15) is 12.8 Å². The van der Waals surface area contributed by atoms with Crippen LogP contribution in [-0.4, -0.2) is 24.7 Å². The smallest absolute Gasteiger partial charge is 0.224 e. The van der Waals surface area contributed by atoms with Crippen LogP contribution in [0.15, 0.2) is 18.2 Å². The number of nitrogens with one attached hydrogen (secondary N) is 1. The lowest BCUT2D eigenvalue weighted by atomic mass is 10.2. The van der Waals surface area contributed by atoms with Crippen molar-refractivity contribution in [3.63, 3.8) is 0 Å². The number of benzene rings is 1. The van der Waals surface area contributed by atoms with Crippen molar-refractivity contribution in [3.8, 4) is 5.75 Å². The van der Waals surface area contributed by atoms with Gasteiger partial charge in [-0.15, -0.1) is 0 Å². The van der Waals surface area contributed by atoms with Gasteiger partial charge < -0.3 is 15.2 Å². The summed E-state index contributed by atoms with van der Waals surface area (Å²) in [5.41, 5.74) is 0.540. The molecule has 88 valence electrons. The summed E-state index contributed by atoms with van der Waals surface area (Å²) in [6.07, 6.45) is 0.709. The maximum absolute atomic E-state index is 11.4. The molecule has 1 aromatic carbocycles. The number of rotatable bonds is 5. The molecule has 16 heavy (non-hydrogen) atoms. The lowest BCUT2D eigenvalue weighted by Gasteiger charge is -2.10. The van der Waals surface area contributed by atoms with E-state index in [1.807, 2.05) is 0 Å². The van der Waals surface area contributed by atoms with Crippen molar-refractivity contribution >= 4 is 23.2 Å². The number of halogens is 1. The van der Waals surface area contributed by atoms with Gasteiger partial charge in [0, 0.05) is 18.1 Å². The fourth-order valence-corrected chi connectivity index (χ4v) is 1.40. The van der Waals surface area contributed by atoms with Crippen molar-refractivity contribution < 1.29 is 14.6 Å². The Bertz CT molecular complexity index is 368. The number of carbonyl (C=O) groups is 1. The molecular weight excluding hydrogens is 230 g/mol. The SMILES string of the molecule is COc1ccc(Cl)cc1NC(=O)CCCO. The van der Waals surface area contributed by atoms with Gasteiger partial charge in [0.2, 0.25) is 5.91 Å². The predicted molar refractivity (Wildman–Crippen MR) is 63.0 cm³/mol. The topological polar surface area (TPSA) is 58.6 Å². The Kier molecular flexibility index (Phi) is 5.08. The summed E-state index contributed by atoms with van der Waals surface area (Å²) in [5.74, 6) is 0.386. The molecule has 0 fully saturated rings. The number of hydrogen-bond donors (Lipinski definition) is 2. The standard InChI is InChI=1S/C11H14ClNO3/c1-16-10-5-4-8(12)7-9(10)13-11(15)3-2-6-14/h4-5,7,14H,2-3,6H2,1H3,(H,13,15). The number of methoxy groups -OCH3 is 1. The Balaban J connectivity index is 2.71. The second-order valence-electron chi connectivity index (χ2n) is 3.22. The highest BCUT2D eigenvalue weighted by molar-refractivity contribution is 6.31. The molecule has 0 spiro atoms. The van der Waals surface area contributed by atoms with E-state index in [4.69, 9.17) is 21.4 Å². The Hall–Kier alpha value is -1.26. The van der Waals surface area contributed by atoms with Gasteiger partial charge in [-0.2, -0.15) is 0 Å². The quantitative estimate of drug-likeness (QED) is 0.832. The molecule has 1 rings (SSSR count). The van der Waals surface area contributed by atoms with Crippen LogP contribution >= 0.6 is 11.6 Å². The largest absolute Gasteiger partial charge is 0.495 e. The van der Waals surface area contributed by atoms with Crippen LogP contribution in [0.3, 0.4) is 0 Å². The monoisotopic (exact) mass is 243 g/mol. The molecule has 0 aliphatic heterocycles. The zero-order valence-electron chi connectivity index (χ0n) is 9.00. The highest BCUT2D eigenvalue weighted by Crippen LogP contribution is 2.27. The van der Waals surface area contributed by atoms with Gasteiger partial charge in [-0.3, -0.25) is 4.79 Å². The zero-order chi connectivity index (χ0) is 12.0. The first kappa shape index (κ1) is 12.8. The van der Waals surface area contributed by atoms with E-state index in [9.17, 15) is 4.79 Å². The van der Waals surface area contributed by atoms with Crippen LogP contribution in [0, 0.1) is 0 Å². The molecule has 0 aliphatic carbocycles. The predicted octanol–water partition coefficient (Wildman–Crippen LogP) is 2.06. The Morgan fingerprint density at radius 2 is 2.31 bits per heavy atom. The van der Waals surface area contributed by atoms with Crippen molar-refractivity contribution in [1.29, 1.82) is 0 Å². The van der Waals surface area contributed by atoms with Gasteiger partial charge in [0.05, 0.1) is 12.8 Å². The van der Waals surface area contributed by atoms with E-state index in [0.29, 0.717) is 22.9 Å². The van der Waals surface area contributed by atoms with E-state index >= 15 is 0 Å². The van der Waals surface area contributed by atoms with E-state index in [-0.39, 0.29) is 18.9 Å². The zero-order valence-corrected chi connectivity index (χ0v) is 9.75. The minimum atomic E-state index is -0.172. The summed E-state index contributed by atoms with van der Waals surface area (Å²) in [6, 6.07) is 4.99. The Morgan fingerprint density at radius 1 is 1.56 bits per heavy atom. The van der Waals surface area contributed by atoms with Gasteiger partial charge in [0.25, 0.3) is 0 Å². The maximum Gasteiger partial charge on any atom is 0.224 e. The molecule has 1 aromatic rings. The van der Waals surface area contributed by atoms with Crippen molar-refractivity contribution in [2.45, 2.75) is 12.8 Å². The lowest BCUT2D eigenvalue weighted by Crippen LogP contribution is -2.12. The molecule has 0 saturated carbocycles. The van der Waals surface area contributed by atoms with E-state index in [2.05, 4.69) is 5.32 Å². The second-order valence-corrected chi connectivity index (χ2v) is 3.66. The minimum absolute atomic E-state index is 0.0001000. The average Bonchev–Trinajstić information content (AvgIpc) is 2.27. The van der Waals surface area contributed by atoms with Crippen molar-refractivity contribution in [3.05, 3.63) is 23.2 Å². The molecule has 0 saturated heterocycles. The third-order valence-corrected chi connectivity index (χ3v) is 2.23. The number of amides is 1. The van der Waals surface area contributed by atoms with Gasteiger partial charge in [-0.1, -0.05) is 11.6 Å². The summed E-state index contributed by atoms with van der Waals surface area (Å²) in [6.45, 7) is 0.0001000. The highest BCUT2D eigenvalue weighted by atomic mass is 35.5. The number of hydrogen-bond acceptors (Lipinski definition) is 3. The molecule has 0 aliphatic rings. The van der Waals surface area contributed by atoms with Crippen molar-refractivity contribution in [1.82, 2.24) is 0 Å². The first-order chi connectivity index (χ1) is 7.67. The molecule has 0 unspecified atom stereocenters. The number of ether oxygens (including phenoxy) is 1. The third-order valence-electron chi connectivity index (χ3n) is 2.00. The molecule has 1 amide bonds. The van der Waals surface area contributed by atoms with Gasteiger partial charge in [-0.05, 0) is 24.6 Å². The number of aliphatic hydroxyl groups is 1. The van der Waals surface area contributed by atoms with Crippen LogP contribution in [0.25, 0.3) is 0 Å². The van der Waals surface area contributed by atoms with Gasteiger partial charge in [0.15, 0.2) is 0 Å². The van der Waals surface area contributed by atoms with Crippen LogP contribution in [0.2, 0.25) is 5.02 Å². The number of anilines is 1. The maximum atomic E-state index is 11.4. The molecule has 0 aromatic heterocycles. The molecular formula is C11H14ClNO3. The molecule has 5 heteroatoms. The fraction of sp³-hybridized carbons (Fsp3) is 0.364. The summed E-state index contributed by atoms with van der Waals surface area (Å²) < 4.78 is 5.08. The van der Waals surface area contributed by atoms with Crippen LogP contribution in [0.5, 0.6) is 5.75 Å². The van der Waals surface area contributed by atoms with Crippen LogP contribution < -0.4 is 10.1 Å². The number of carbonyl (C=O) groups excluding carboxylic acids is 1. The summed E-state index contributed by atoms with van der Waals surface area (Å²) in [7, 11) is 1.52. The van der Waals surface area contributed by atoms with E-state index in [0.717, 1.165) is 0 Å². The first-order valence-corrected chi connectivity index (χ1v) is 5.29. The van der Waals surface area contributed by atoms with E-state index in [1.165, 1.54) is 7.11 Å². The fourth-order valence-electron chi connectivity index (χ4n) is 1.23. The Morgan fingerprint density at radius 3 is 2.94 bits per heavy atom. The molecule has 0 radical (unpaired) electrons. The van der Waals surface area contributed by atoms with E-state index < -0.39 is 0 Å². The molecule has 4 nitrogen and oxygen atoms in total. The van der Waals surface area contributed by atoms with Gasteiger partial charge in [0.1, 0.15) is 5.75 Å². The Labute approximate surface area is 99.2 Å². The normalized spacial score (nSPS) is 9.94. The minimum Gasteiger partial charge on any atom is -0.495 e. The molecule has 0 atom stereocenters. The molecule has 0 bridgehead atoms. The number of aliphatic hydroxyl groups excluding tert-OH is 1. The van der Waals surface area contributed by atoms with Gasteiger partial charge in [-0.25, -0.2) is 0 Å².